The number of fused-ring (bicyclic) bond motifs is 1. The maximum atomic E-state index is 11.9. The van der Waals surface area contributed by atoms with Crippen LogP contribution < -0.4 is 10.6 Å². The number of hydrogen-bond donors (Lipinski definition) is 3. The second-order valence-electron chi connectivity index (χ2n) is 6.55. The van der Waals surface area contributed by atoms with E-state index < -0.39 is 0 Å². The summed E-state index contributed by atoms with van der Waals surface area (Å²) in [6.45, 7) is 0. The lowest BCUT2D eigenvalue weighted by Crippen LogP contribution is -2.18. The number of H-pyrrole nitrogens is 1. The van der Waals surface area contributed by atoms with Gasteiger partial charge in [-0.2, -0.15) is 0 Å². The third kappa shape index (κ3) is 3.47. The third-order valence-electron chi connectivity index (χ3n) is 4.84. The number of nitrogens with one attached hydrogen (secondary N) is 3. The van der Waals surface area contributed by atoms with Crippen molar-refractivity contribution in [3.63, 3.8) is 0 Å². The highest BCUT2D eigenvalue weighted by atomic mass is 35.5. The van der Waals surface area contributed by atoms with Crippen LogP contribution in [-0.4, -0.2) is 17.9 Å². The van der Waals surface area contributed by atoms with E-state index in [4.69, 9.17) is 11.6 Å². The number of aromatic nitrogens is 1. The molecule has 0 aliphatic carbocycles. The Bertz CT molecular complexity index is 1120. The van der Waals surface area contributed by atoms with Crippen LogP contribution in [0.5, 0.6) is 0 Å². The van der Waals surface area contributed by atoms with Crippen molar-refractivity contribution >= 4 is 34.1 Å². The highest BCUT2D eigenvalue weighted by Crippen LogP contribution is 2.34. The van der Waals surface area contributed by atoms with Gasteiger partial charge in [0.1, 0.15) is 0 Å². The number of benzene rings is 3. The number of halogens is 1. The molecule has 3 N–H and O–H groups in total. The molecule has 5 heteroatoms. The largest absolute Gasteiger partial charge is 0.373 e. The predicted molar refractivity (Wildman–Crippen MR) is 115 cm³/mol. The Labute approximate surface area is 168 Å². The van der Waals surface area contributed by atoms with E-state index in [1.165, 1.54) is 0 Å². The molecule has 4 aromatic rings. The fourth-order valence-electron chi connectivity index (χ4n) is 3.38. The Morgan fingerprint density at radius 3 is 2.43 bits per heavy atom. The Morgan fingerprint density at radius 2 is 1.68 bits per heavy atom. The Hall–Kier alpha value is -3.24. The van der Waals surface area contributed by atoms with Crippen LogP contribution in [0.15, 0.2) is 79.0 Å². The van der Waals surface area contributed by atoms with E-state index in [1.807, 2.05) is 66.9 Å². The summed E-state index contributed by atoms with van der Waals surface area (Å²) in [7, 11) is 1.63. The molecule has 1 heterocycles. The fourth-order valence-corrected chi connectivity index (χ4v) is 3.57. The molecule has 0 aliphatic heterocycles. The molecule has 1 atom stereocenters. The molecule has 28 heavy (non-hydrogen) atoms. The van der Waals surface area contributed by atoms with Crippen molar-refractivity contribution in [2.45, 2.75) is 6.04 Å². The number of carbonyl (C=O) groups excluding carboxylic acids is 1. The molecule has 1 unspecified atom stereocenters. The predicted octanol–water partition coefficient (Wildman–Crippen LogP) is 5.38. The van der Waals surface area contributed by atoms with Gasteiger partial charge in [0.25, 0.3) is 5.91 Å². The first-order valence-electron chi connectivity index (χ1n) is 9.06. The first-order valence-corrected chi connectivity index (χ1v) is 9.44. The standard InChI is InChI=1S/C23H20ClN3O/c1-25-23(28)16-12-10-15(11-13-16)22(27-21-9-5-3-7-19(21)24)18-14-26-20-8-4-2-6-17(18)20/h2-14,22,26-27H,1H3,(H,25,28). The number of para-hydroxylation sites is 2. The lowest BCUT2D eigenvalue weighted by atomic mass is 9.96. The van der Waals surface area contributed by atoms with Crippen LogP contribution in [0, 0.1) is 0 Å². The van der Waals surface area contributed by atoms with Gasteiger partial charge in [0, 0.05) is 35.3 Å². The second kappa shape index (κ2) is 7.79. The molecule has 0 radical (unpaired) electrons. The average Bonchev–Trinajstić information content (AvgIpc) is 3.17. The van der Waals surface area contributed by atoms with Crippen LogP contribution >= 0.6 is 11.6 Å². The van der Waals surface area contributed by atoms with E-state index in [2.05, 4.69) is 27.8 Å². The van der Waals surface area contributed by atoms with E-state index in [9.17, 15) is 4.79 Å². The Morgan fingerprint density at radius 1 is 0.964 bits per heavy atom. The van der Waals surface area contributed by atoms with Crippen molar-refractivity contribution in [2.24, 2.45) is 0 Å². The third-order valence-corrected chi connectivity index (χ3v) is 5.17. The molecule has 4 rings (SSSR count). The molecule has 0 fully saturated rings. The molecular weight excluding hydrogens is 370 g/mol. The molecule has 0 aliphatic rings. The van der Waals surface area contributed by atoms with Crippen LogP contribution in [-0.2, 0) is 0 Å². The summed E-state index contributed by atoms with van der Waals surface area (Å²) < 4.78 is 0. The molecule has 0 spiro atoms. The SMILES string of the molecule is CNC(=O)c1ccc(C(Nc2ccccc2Cl)c2c[nH]c3ccccc23)cc1. The van der Waals surface area contributed by atoms with E-state index >= 15 is 0 Å². The van der Waals surface area contributed by atoms with Crippen molar-refractivity contribution < 1.29 is 4.79 Å². The van der Waals surface area contributed by atoms with Gasteiger partial charge in [-0.15, -0.1) is 0 Å². The number of carbonyl (C=O) groups is 1. The normalized spacial score (nSPS) is 11.9. The first kappa shape index (κ1) is 18.1. The quantitative estimate of drug-likeness (QED) is 0.429. The summed E-state index contributed by atoms with van der Waals surface area (Å²) in [5.74, 6) is -0.103. The van der Waals surface area contributed by atoms with Gasteiger partial charge in [-0.25, -0.2) is 0 Å². The van der Waals surface area contributed by atoms with Crippen LogP contribution in [0.3, 0.4) is 0 Å². The van der Waals surface area contributed by atoms with Gasteiger partial charge in [-0.05, 0) is 35.9 Å². The summed E-state index contributed by atoms with van der Waals surface area (Å²) in [6.07, 6.45) is 2.02. The zero-order chi connectivity index (χ0) is 19.5. The van der Waals surface area contributed by atoms with E-state index in [0.29, 0.717) is 10.6 Å². The van der Waals surface area contributed by atoms with Crippen molar-refractivity contribution in [3.05, 3.63) is 101 Å². The lowest BCUT2D eigenvalue weighted by molar-refractivity contribution is 0.0963. The zero-order valence-electron chi connectivity index (χ0n) is 15.4. The summed E-state index contributed by atoms with van der Waals surface area (Å²) in [5, 5.41) is 8.02. The molecular formula is C23H20ClN3O. The van der Waals surface area contributed by atoms with Crippen LogP contribution in [0.4, 0.5) is 5.69 Å². The zero-order valence-corrected chi connectivity index (χ0v) is 16.1. The number of rotatable bonds is 5. The van der Waals surface area contributed by atoms with Gasteiger partial charge >= 0.3 is 0 Å². The minimum Gasteiger partial charge on any atom is -0.373 e. The maximum Gasteiger partial charge on any atom is 0.251 e. The highest BCUT2D eigenvalue weighted by molar-refractivity contribution is 6.33. The molecule has 4 nitrogen and oxygen atoms in total. The maximum absolute atomic E-state index is 11.9. The van der Waals surface area contributed by atoms with E-state index in [1.54, 1.807) is 7.05 Å². The molecule has 1 amide bonds. The topological polar surface area (TPSA) is 56.9 Å². The first-order chi connectivity index (χ1) is 13.7. The number of aromatic amines is 1. The van der Waals surface area contributed by atoms with Crippen molar-refractivity contribution in [1.29, 1.82) is 0 Å². The summed E-state index contributed by atoms with van der Waals surface area (Å²) in [6, 6.07) is 23.4. The van der Waals surface area contributed by atoms with Gasteiger partial charge < -0.3 is 15.6 Å². The van der Waals surface area contributed by atoms with Gasteiger partial charge in [0.2, 0.25) is 0 Å². The summed E-state index contributed by atoms with van der Waals surface area (Å²) in [4.78, 5) is 15.2. The molecule has 3 aromatic carbocycles. The molecule has 0 saturated carbocycles. The van der Waals surface area contributed by atoms with Crippen molar-refractivity contribution in [2.75, 3.05) is 12.4 Å². The second-order valence-corrected chi connectivity index (χ2v) is 6.96. The molecule has 1 aromatic heterocycles. The van der Waals surface area contributed by atoms with Gasteiger partial charge in [0.05, 0.1) is 16.8 Å². The summed E-state index contributed by atoms with van der Waals surface area (Å²) in [5.41, 5.74) is 4.71. The van der Waals surface area contributed by atoms with Crippen LogP contribution in [0.2, 0.25) is 5.02 Å². The van der Waals surface area contributed by atoms with Crippen LogP contribution in [0.25, 0.3) is 10.9 Å². The Kier molecular flexibility index (Phi) is 5.04. The van der Waals surface area contributed by atoms with Crippen molar-refractivity contribution in [1.82, 2.24) is 10.3 Å². The minimum atomic E-state index is -0.130. The van der Waals surface area contributed by atoms with Crippen molar-refractivity contribution in [3.8, 4) is 0 Å². The van der Waals surface area contributed by atoms with E-state index in [-0.39, 0.29) is 11.9 Å². The molecule has 140 valence electrons. The van der Waals surface area contributed by atoms with Gasteiger partial charge in [-0.1, -0.05) is 54.1 Å². The highest BCUT2D eigenvalue weighted by Gasteiger charge is 2.19. The Balaban J connectivity index is 1.79. The number of hydrogen-bond acceptors (Lipinski definition) is 2. The minimum absolute atomic E-state index is 0.103. The molecule has 0 saturated heterocycles. The summed E-state index contributed by atoms with van der Waals surface area (Å²) >= 11 is 6.40. The molecule has 0 bridgehead atoms. The monoisotopic (exact) mass is 389 g/mol. The number of amides is 1. The number of anilines is 1. The van der Waals surface area contributed by atoms with Crippen LogP contribution in [0.1, 0.15) is 27.5 Å². The lowest BCUT2D eigenvalue weighted by Gasteiger charge is -2.21. The van der Waals surface area contributed by atoms with E-state index in [0.717, 1.165) is 27.7 Å². The fraction of sp³-hybridized carbons (Fsp3) is 0.0870. The smallest absolute Gasteiger partial charge is 0.251 e. The average molecular weight is 390 g/mol. The van der Waals surface area contributed by atoms with Gasteiger partial charge in [-0.3, -0.25) is 4.79 Å². The van der Waals surface area contributed by atoms with Gasteiger partial charge in [0.15, 0.2) is 0 Å².